The molecule has 7 nitrogen and oxygen atoms in total. The van der Waals surface area contributed by atoms with Crippen molar-refractivity contribution in [1.29, 1.82) is 0 Å². The molecule has 3 atom stereocenters. The molecule has 0 bridgehead atoms. The molecule has 0 saturated carbocycles. The average molecular weight is 423 g/mol. The number of rotatable bonds is 13. The highest BCUT2D eigenvalue weighted by atomic mass is 16.2. The Bertz CT molecular complexity index is 656. The maximum absolute atomic E-state index is 12.5. The minimum absolute atomic E-state index is 0.0353. The highest BCUT2D eigenvalue weighted by molar-refractivity contribution is 6.03. The summed E-state index contributed by atoms with van der Waals surface area (Å²) in [4.78, 5) is 61.8. The van der Waals surface area contributed by atoms with Crippen LogP contribution in [0.4, 0.5) is 0 Å². The fourth-order valence-corrected chi connectivity index (χ4v) is 3.63. The Morgan fingerprint density at radius 1 is 1.03 bits per heavy atom. The van der Waals surface area contributed by atoms with E-state index in [2.05, 4.69) is 5.32 Å². The Kier molecular flexibility index (Phi) is 10.4. The lowest BCUT2D eigenvalue weighted by Crippen LogP contribution is -2.45. The molecule has 170 valence electrons. The van der Waals surface area contributed by atoms with E-state index in [1.54, 1.807) is 6.92 Å². The smallest absolute Gasteiger partial charge is 0.233 e. The molecule has 1 rings (SSSR count). The Morgan fingerprint density at radius 2 is 1.67 bits per heavy atom. The van der Waals surface area contributed by atoms with Gasteiger partial charge < -0.3 is 5.32 Å². The summed E-state index contributed by atoms with van der Waals surface area (Å²) in [7, 11) is 0. The molecule has 0 radical (unpaired) electrons. The zero-order valence-corrected chi connectivity index (χ0v) is 19.3. The number of hydrogen-bond acceptors (Lipinski definition) is 5. The van der Waals surface area contributed by atoms with E-state index in [9.17, 15) is 24.0 Å². The molecular weight excluding hydrogens is 384 g/mol. The minimum atomic E-state index is -0.591. The van der Waals surface area contributed by atoms with Gasteiger partial charge in [-0.05, 0) is 31.6 Å². The molecule has 0 aromatic carbocycles. The molecule has 0 spiro atoms. The zero-order valence-electron chi connectivity index (χ0n) is 19.3. The number of nitrogens with zero attached hydrogens (tertiary/aromatic N) is 1. The third-order valence-corrected chi connectivity index (χ3v) is 5.90. The predicted molar refractivity (Wildman–Crippen MR) is 114 cm³/mol. The van der Waals surface area contributed by atoms with Gasteiger partial charge in [0.05, 0.1) is 6.04 Å². The van der Waals surface area contributed by atoms with Crippen molar-refractivity contribution in [1.82, 2.24) is 10.2 Å². The van der Waals surface area contributed by atoms with Gasteiger partial charge in [0.15, 0.2) is 5.78 Å². The van der Waals surface area contributed by atoms with E-state index in [1.165, 1.54) is 11.8 Å². The minimum Gasteiger partial charge on any atom is -0.346 e. The van der Waals surface area contributed by atoms with Gasteiger partial charge in [0, 0.05) is 37.6 Å². The molecule has 1 aliphatic heterocycles. The molecule has 0 aromatic heterocycles. The number of ketones is 2. The van der Waals surface area contributed by atoms with Gasteiger partial charge in [-0.25, -0.2) is 0 Å². The highest BCUT2D eigenvalue weighted by Gasteiger charge is 2.39. The number of unbranched alkanes of at least 4 members (excludes halogenated alkanes) is 2. The number of amides is 3. The normalized spacial score (nSPS) is 18.8. The lowest BCUT2D eigenvalue weighted by Gasteiger charge is -2.22. The van der Waals surface area contributed by atoms with Crippen LogP contribution in [-0.4, -0.2) is 46.8 Å². The summed E-state index contributed by atoms with van der Waals surface area (Å²) >= 11 is 0. The number of carbonyl (C=O) groups excluding carboxylic acids is 5. The fourth-order valence-electron chi connectivity index (χ4n) is 3.63. The Balaban J connectivity index is 2.38. The van der Waals surface area contributed by atoms with Crippen molar-refractivity contribution >= 4 is 29.3 Å². The molecule has 1 saturated heterocycles. The van der Waals surface area contributed by atoms with Crippen molar-refractivity contribution in [2.45, 2.75) is 86.1 Å². The van der Waals surface area contributed by atoms with Gasteiger partial charge in [-0.15, -0.1) is 0 Å². The van der Waals surface area contributed by atoms with Crippen LogP contribution in [-0.2, 0) is 24.0 Å². The van der Waals surface area contributed by atoms with Crippen LogP contribution in [0.1, 0.15) is 80.1 Å². The van der Waals surface area contributed by atoms with Crippen molar-refractivity contribution in [3.8, 4) is 0 Å². The third kappa shape index (κ3) is 7.65. The monoisotopic (exact) mass is 422 g/mol. The number of likely N-dealkylation sites (tertiary alicyclic amines) is 1. The van der Waals surface area contributed by atoms with Gasteiger partial charge in [0.25, 0.3) is 0 Å². The van der Waals surface area contributed by atoms with Crippen LogP contribution in [0.2, 0.25) is 0 Å². The van der Waals surface area contributed by atoms with E-state index >= 15 is 0 Å². The molecule has 0 aliphatic carbocycles. The van der Waals surface area contributed by atoms with E-state index in [4.69, 9.17) is 0 Å². The van der Waals surface area contributed by atoms with Crippen LogP contribution in [0, 0.1) is 23.7 Å². The van der Waals surface area contributed by atoms with E-state index in [1.807, 2.05) is 27.7 Å². The van der Waals surface area contributed by atoms with Crippen LogP contribution in [0.3, 0.4) is 0 Å². The van der Waals surface area contributed by atoms with Crippen molar-refractivity contribution in [2.75, 3.05) is 6.54 Å². The Labute approximate surface area is 180 Å². The second-order valence-electron chi connectivity index (χ2n) is 9.22. The summed E-state index contributed by atoms with van der Waals surface area (Å²) in [6.07, 6.45) is 2.73. The first-order valence-electron chi connectivity index (χ1n) is 11.1. The number of Topliss-reactive ketones (excluding diaryl/α,β-unsaturated/α-hetero) is 2. The molecule has 1 unspecified atom stereocenters. The lowest BCUT2D eigenvalue weighted by molar-refractivity contribution is -0.140. The van der Waals surface area contributed by atoms with Crippen molar-refractivity contribution in [3.63, 3.8) is 0 Å². The van der Waals surface area contributed by atoms with Gasteiger partial charge >= 0.3 is 0 Å². The first-order chi connectivity index (χ1) is 14.0. The molecule has 7 heteroatoms. The summed E-state index contributed by atoms with van der Waals surface area (Å²) in [6, 6.07) is -0.591. The molecule has 1 heterocycles. The maximum atomic E-state index is 12.5. The molecule has 1 aliphatic rings. The summed E-state index contributed by atoms with van der Waals surface area (Å²) < 4.78 is 0. The summed E-state index contributed by atoms with van der Waals surface area (Å²) in [5, 5.41) is 2.81. The molecule has 1 N–H and O–H groups in total. The fraction of sp³-hybridized carbons (Fsp3) is 0.783. The van der Waals surface area contributed by atoms with Gasteiger partial charge in [0.2, 0.25) is 17.7 Å². The lowest BCUT2D eigenvalue weighted by atomic mass is 9.91. The van der Waals surface area contributed by atoms with Gasteiger partial charge in [0.1, 0.15) is 5.78 Å². The molecule has 0 aromatic rings. The quantitative estimate of drug-likeness (QED) is 0.363. The Morgan fingerprint density at radius 3 is 2.17 bits per heavy atom. The van der Waals surface area contributed by atoms with E-state index in [0.29, 0.717) is 25.8 Å². The van der Waals surface area contributed by atoms with Crippen LogP contribution in [0.15, 0.2) is 0 Å². The van der Waals surface area contributed by atoms with Crippen LogP contribution >= 0.6 is 0 Å². The number of nitrogens with one attached hydrogen (secondary N) is 1. The van der Waals surface area contributed by atoms with Gasteiger partial charge in [-0.1, -0.05) is 41.0 Å². The molecule has 30 heavy (non-hydrogen) atoms. The second kappa shape index (κ2) is 12.0. The summed E-state index contributed by atoms with van der Waals surface area (Å²) in [5.41, 5.74) is 0. The first kappa shape index (κ1) is 26.0. The SMILES string of the molecule is CC(=O)[C@H](C)CC(=O)[C@@H](NC(=O)CCCCCN1C(=O)CC(C(C)C)C1=O)C(C)C. The van der Waals surface area contributed by atoms with Gasteiger partial charge in [-0.2, -0.15) is 0 Å². The standard InChI is InChI=1S/C23H38N2O5/c1-14(2)18-13-21(29)25(23(18)30)11-9-7-8-10-20(28)24-22(15(3)4)19(27)12-16(5)17(6)26/h14-16,18,22H,7-13H2,1-6H3,(H,24,28)/t16-,18?,22+/m1/s1. The average Bonchev–Trinajstić information content (AvgIpc) is 2.93. The predicted octanol–water partition coefficient (Wildman–Crippen LogP) is 2.90. The van der Waals surface area contributed by atoms with Crippen LogP contribution in [0.25, 0.3) is 0 Å². The summed E-state index contributed by atoms with van der Waals surface area (Å²) in [6.45, 7) is 11.2. The highest BCUT2D eigenvalue weighted by Crippen LogP contribution is 2.26. The number of carbonyl (C=O) groups is 5. The largest absolute Gasteiger partial charge is 0.346 e. The van der Waals surface area contributed by atoms with Gasteiger partial charge in [-0.3, -0.25) is 28.9 Å². The van der Waals surface area contributed by atoms with Crippen molar-refractivity contribution in [2.24, 2.45) is 23.7 Å². The zero-order chi connectivity index (χ0) is 23.0. The molecular formula is C23H38N2O5. The number of hydrogen-bond donors (Lipinski definition) is 1. The van der Waals surface area contributed by atoms with Crippen molar-refractivity contribution in [3.05, 3.63) is 0 Å². The molecule has 3 amide bonds. The summed E-state index contributed by atoms with van der Waals surface area (Å²) in [5.74, 6) is -0.974. The van der Waals surface area contributed by atoms with Crippen LogP contribution in [0.5, 0.6) is 0 Å². The van der Waals surface area contributed by atoms with E-state index in [-0.39, 0.29) is 65.8 Å². The first-order valence-corrected chi connectivity index (χ1v) is 11.1. The molecule has 1 fully saturated rings. The van der Waals surface area contributed by atoms with Crippen molar-refractivity contribution < 1.29 is 24.0 Å². The Hall–Kier alpha value is -2.05. The van der Waals surface area contributed by atoms with E-state index in [0.717, 1.165) is 6.42 Å². The van der Waals surface area contributed by atoms with Crippen LogP contribution < -0.4 is 5.32 Å². The maximum Gasteiger partial charge on any atom is 0.233 e. The van der Waals surface area contributed by atoms with E-state index < -0.39 is 6.04 Å². The number of imide groups is 1. The second-order valence-corrected chi connectivity index (χ2v) is 9.22. The third-order valence-electron chi connectivity index (χ3n) is 5.90. The topological polar surface area (TPSA) is 101 Å².